The zero-order chi connectivity index (χ0) is 20.9. The molecule has 0 aliphatic heterocycles. The lowest BCUT2D eigenvalue weighted by molar-refractivity contribution is 0.0884. The predicted molar refractivity (Wildman–Crippen MR) is 105 cm³/mol. The zero-order valence-corrected chi connectivity index (χ0v) is 16.0. The Morgan fingerprint density at radius 2 is 1.90 bits per heavy atom. The van der Waals surface area contributed by atoms with E-state index in [9.17, 15) is 9.18 Å². The Bertz CT molecular complexity index is 1070. The minimum atomic E-state index is -0.324. The molecule has 1 aromatic carbocycles. The number of halogens is 1. The van der Waals surface area contributed by atoms with Gasteiger partial charge in [0.1, 0.15) is 23.7 Å². The Labute approximate surface area is 172 Å². The number of aromatic nitrogens is 4. The van der Waals surface area contributed by atoms with E-state index in [2.05, 4.69) is 25.5 Å². The topological polar surface area (TPSA) is 117 Å². The summed E-state index contributed by atoms with van der Waals surface area (Å²) >= 11 is 0. The Balaban J connectivity index is 1.30. The average molecular weight is 406 g/mol. The van der Waals surface area contributed by atoms with E-state index in [1.165, 1.54) is 24.5 Å². The first-order valence-corrected chi connectivity index (χ1v) is 9.62. The van der Waals surface area contributed by atoms with Crippen LogP contribution in [0.2, 0.25) is 0 Å². The lowest BCUT2D eigenvalue weighted by Gasteiger charge is -2.29. The molecule has 0 spiro atoms. The molecular formula is C21H19FN6O2. The van der Waals surface area contributed by atoms with Crippen molar-refractivity contribution in [2.24, 2.45) is 0 Å². The van der Waals surface area contributed by atoms with Gasteiger partial charge in [-0.2, -0.15) is 10.4 Å². The van der Waals surface area contributed by atoms with Gasteiger partial charge >= 0.3 is 0 Å². The maximum absolute atomic E-state index is 13.1. The molecule has 1 aliphatic carbocycles. The number of nitrogens with one attached hydrogen (secondary N) is 2. The van der Waals surface area contributed by atoms with Crippen molar-refractivity contribution in [2.45, 2.75) is 37.8 Å². The van der Waals surface area contributed by atoms with Crippen LogP contribution >= 0.6 is 0 Å². The molecule has 0 saturated heterocycles. The van der Waals surface area contributed by atoms with E-state index >= 15 is 0 Å². The number of hydrogen-bond donors (Lipinski definition) is 2. The summed E-state index contributed by atoms with van der Waals surface area (Å²) in [5.41, 5.74) is 1.83. The number of carbonyl (C=O) groups is 1. The normalized spacial score (nSPS) is 18.4. The zero-order valence-electron chi connectivity index (χ0n) is 16.0. The van der Waals surface area contributed by atoms with Gasteiger partial charge in [0.25, 0.3) is 11.8 Å². The molecule has 1 aliphatic rings. The molecule has 8 nitrogen and oxygen atoms in total. The Morgan fingerprint density at radius 1 is 1.17 bits per heavy atom. The van der Waals surface area contributed by atoms with Crippen molar-refractivity contribution in [3.8, 4) is 23.2 Å². The molecule has 4 rings (SSSR count). The largest absolute Gasteiger partial charge is 0.472 e. The van der Waals surface area contributed by atoms with Gasteiger partial charge in [0, 0.05) is 24.0 Å². The lowest BCUT2D eigenvalue weighted by Crippen LogP contribution is -2.40. The first-order chi connectivity index (χ1) is 14.6. The summed E-state index contributed by atoms with van der Waals surface area (Å²) in [6.07, 6.45) is 5.84. The maximum Gasteiger partial charge on any atom is 0.269 e. The Hall–Kier alpha value is -3.80. The van der Waals surface area contributed by atoms with Gasteiger partial charge in [-0.05, 0) is 56.0 Å². The smallest absolute Gasteiger partial charge is 0.269 e. The summed E-state index contributed by atoms with van der Waals surface area (Å²) in [6, 6.07) is 9.57. The third-order valence-electron chi connectivity index (χ3n) is 5.02. The molecule has 2 aromatic heterocycles. The SMILES string of the molecule is N#Cc1nccnc1OC1CCC(NC(=O)c2cc(-c3ccc(F)cc3)n[nH]2)CC1. The van der Waals surface area contributed by atoms with Gasteiger partial charge in [-0.15, -0.1) is 0 Å². The molecule has 30 heavy (non-hydrogen) atoms. The van der Waals surface area contributed by atoms with Crippen molar-refractivity contribution in [2.75, 3.05) is 0 Å². The van der Waals surface area contributed by atoms with Gasteiger partial charge in [-0.1, -0.05) is 0 Å². The van der Waals surface area contributed by atoms with Crippen LogP contribution in [-0.4, -0.2) is 38.2 Å². The fourth-order valence-corrected chi connectivity index (χ4v) is 3.44. The van der Waals surface area contributed by atoms with Crippen LogP contribution in [0.4, 0.5) is 4.39 Å². The molecule has 1 saturated carbocycles. The maximum atomic E-state index is 13.1. The fraction of sp³-hybridized carbons (Fsp3) is 0.286. The third-order valence-corrected chi connectivity index (χ3v) is 5.02. The van der Waals surface area contributed by atoms with Crippen molar-refractivity contribution in [3.05, 3.63) is 59.9 Å². The molecular weight excluding hydrogens is 387 g/mol. The molecule has 0 bridgehead atoms. The van der Waals surface area contributed by atoms with Crippen LogP contribution in [0.5, 0.6) is 5.88 Å². The van der Waals surface area contributed by atoms with Crippen molar-refractivity contribution < 1.29 is 13.9 Å². The number of rotatable bonds is 5. The van der Waals surface area contributed by atoms with Crippen LogP contribution in [0.25, 0.3) is 11.3 Å². The highest BCUT2D eigenvalue weighted by molar-refractivity contribution is 5.93. The van der Waals surface area contributed by atoms with E-state index in [1.807, 2.05) is 6.07 Å². The Morgan fingerprint density at radius 3 is 2.63 bits per heavy atom. The number of carbonyl (C=O) groups excluding carboxylic acids is 1. The van der Waals surface area contributed by atoms with E-state index in [1.54, 1.807) is 18.2 Å². The summed E-state index contributed by atoms with van der Waals surface area (Å²) in [5.74, 6) is -0.311. The van der Waals surface area contributed by atoms with Crippen molar-refractivity contribution in [1.29, 1.82) is 5.26 Å². The van der Waals surface area contributed by atoms with Gasteiger partial charge in [0.15, 0.2) is 0 Å². The van der Waals surface area contributed by atoms with Crippen LogP contribution in [0.1, 0.15) is 41.9 Å². The second-order valence-electron chi connectivity index (χ2n) is 7.06. The second kappa shape index (κ2) is 8.69. The van der Waals surface area contributed by atoms with Crippen molar-refractivity contribution in [1.82, 2.24) is 25.5 Å². The summed E-state index contributed by atoms with van der Waals surface area (Å²) in [7, 11) is 0. The number of H-pyrrole nitrogens is 1. The highest BCUT2D eigenvalue weighted by Crippen LogP contribution is 2.24. The van der Waals surface area contributed by atoms with E-state index in [-0.39, 0.29) is 35.4 Å². The summed E-state index contributed by atoms with van der Waals surface area (Å²) in [6.45, 7) is 0. The first kappa shape index (κ1) is 19.5. The minimum Gasteiger partial charge on any atom is -0.472 e. The number of amides is 1. The number of aromatic amines is 1. The van der Waals surface area contributed by atoms with Gasteiger partial charge in [0.05, 0.1) is 5.69 Å². The van der Waals surface area contributed by atoms with Gasteiger partial charge in [-0.3, -0.25) is 9.89 Å². The average Bonchev–Trinajstić information content (AvgIpc) is 3.26. The molecule has 2 heterocycles. The standard InChI is InChI=1S/C21H19FN6O2/c22-14-3-1-13(2-4-14)17-11-18(28-27-17)20(29)26-15-5-7-16(8-6-15)30-21-19(12-23)24-9-10-25-21/h1-4,9-11,15-16H,5-8H2,(H,26,29)(H,27,28). The molecule has 0 atom stereocenters. The monoisotopic (exact) mass is 406 g/mol. The fourth-order valence-electron chi connectivity index (χ4n) is 3.44. The third kappa shape index (κ3) is 4.43. The van der Waals surface area contributed by atoms with Crippen LogP contribution in [0.3, 0.4) is 0 Å². The predicted octanol–water partition coefficient (Wildman–Crippen LogP) is 3.00. The second-order valence-corrected chi connectivity index (χ2v) is 7.06. The van der Waals surface area contributed by atoms with Crippen LogP contribution in [0.15, 0.2) is 42.7 Å². The summed E-state index contributed by atoms with van der Waals surface area (Å²) < 4.78 is 18.9. The molecule has 9 heteroatoms. The molecule has 2 N–H and O–H groups in total. The van der Waals surface area contributed by atoms with E-state index in [0.717, 1.165) is 31.2 Å². The van der Waals surface area contributed by atoms with Crippen LogP contribution in [0, 0.1) is 17.1 Å². The summed E-state index contributed by atoms with van der Waals surface area (Å²) in [5, 5.41) is 19.0. The highest BCUT2D eigenvalue weighted by atomic mass is 19.1. The molecule has 0 unspecified atom stereocenters. The molecule has 1 fully saturated rings. The quantitative estimate of drug-likeness (QED) is 0.673. The first-order valence-electron chi connectivity index (χ1n) is 9.62. The number of nitriles is 1. The molecule has 3 aromatic rings. The van der Waals surface area contributed by atoms with E-state index in [4.69, 9.17) is 10.00 Å². The minimum absolute atomic E-state index is 0.0206. The molecule has 0 radical (unpaired) electrons. The lowest BCUT2D eigenvalue weighted by atomic mass is 9.93. The number of hydrogen-bond acceptors (Lipinski definition) is 6. The summed E-state index contributed by atoms with van der Waals surface area (Å²) in [4.78, 5) is 20.6. The highest BCUT2D eigenvalue weighted by Gasteiger charge is 2.25. The Kier molecular flexibility index (Phi) is 5.66. The van der Waals surface area contributed by atoms with Crippen molar-refractivity contribution >= 4 is 5.91 Å². The van der Waals surface area contributed by atoms with Gasteiger partial charge in [0.2, 0.25) is 5.69 Å². The van der Waals surface area contributed by atoms with Crippen LogP contribution in [-0.2, 0) is 0 Å². The van der Waals surface area contributed by atoms with E-state index < -0.39 is 0 Å². The number of ether oxygens (including phenoxy) is 1. The number of benzene rings is 1. The van der Waals surface area contributed by atoms with Gasteiger partial charge < -0.3 is 10.1 Å². The van der Waals surface area contributed by atoms with Crippen molar-refractivity contribution in [3.63, 3.8) is 0 Å². The molecule has 152 valence electrons. The van der Waals surface area contributed by atoms with Crippen LogP contribution < -0.4 is 10.1 Å². The number of nitrogens with zero attached hydrogens (tertiary/aromatic N) is 4. The van der Waals surface area contributed by atoms with Gasteiger partial charge in [-0.25, -0.2) is 14.4 Å². The van der Waals surface area contributed by atoms with E-state index in [0.29, 0.717) is 11.4 Å². The molecule has 1 amide bonds.